The summed E-state index contributed by atoms with van der Waals surface area (Å²) in [5.74, 6) is -2.89. The number of nitrogens with zero attached hydrogens (tertiary/aromatic N) is 1. The monoisotopic (exact) mass is 349 g/mol. The number of aromatic carboxylic acids is 1. The zero-order chi connectivity index (χ0) is 17.4. The lowest BCUT2D eigenvalue weighted by atomic mass is 10.0. The van der Waals surface area contributed by atoms with E-state index in [1.54, 1.807) is 0 Å². The number of fused-ring (bicyclic) bond motifs is 1. The van der Waals surface area contributed by atoms with Gasteiger partial charge in [-0.3, -0.25) is 4.98 Å². The average molecular weight is 350 g/mol. The third-order valence-electron chi connectivity index (χ3n) is 3.57. The summed E-state index contributed by atoms with van der Waals surface area (Å²) >= 11 is 6.06. The van der Waals surface area contributed by atoms with Gasteiger partial charge in [-0.05, 0) is 12.1 Å². The van der Waals surface area contributed by atoms with Crippen LogP contribution in [-0.4, -0.2) is 23.2 Å². The fourth-order valence-corrected chi connectivity index (χ4v) is 2.65. The van der Waals surface area contributed by atoms with Crippen molar-refractivity contribution >= 4 is 28.3 Å². The van der Waals surface area contributed by atoms with Gasteiger partial charge in [-0.25, -0.2) is 13.6 Å². The molecule has 1 N–H and O–H groups in total. The number of carboxylic acid groups (broad SMARTS) is 1. The van der Waals surface area contributed by atoms with Gasteiger partial charge in [-0.1, -0.05) is 17.7 Å². The van der Waals surface area contributed by atoms with Crippen molar-refractivity contribution in [1.82, 2.24) is 4.98 Å². The molecule has 24 heavy (non-hydrogen) atoms. The molecule has 0 amide bonds. The number of carbonyl (C=O) groups is 1. The second-order valence-corrected chi connectivity index (χ2v) is 5.39. The summed E-state index contributed by atoms with van der Waals surface area (Å²) < 4.78 is 33.5. The first-order valence-corrected chi connectivity index (χ1v) is 7.15. The minimum Gasteiger partial charge on any atom is -0.497 e. The van der Waals surface area contributed by atoms with Gasteiger partial charge in [0.25, 0.3) is 0 Å². The predicted molar refractivity (Wildman–Crippen MR) is 85.6 cm³/mol. The summed E-state index contributed by atoms with van der Waals surface area (Å²) in [5.41, 5.74) is -0.447. The molecule has 0 fully saturated rings. The Morgan fingerprint density at radius 3 is 2.42 bits per heavy atom. The third kappa shape index (κ3) is 2.65. The fraction of sp³-hybridized carbons (Fsp3) is 0.0588. The molecule has 4 nitrogen and oxygen atoms in total. The fourth-order valence-electron chi connectivity index (χ4n) is 2.43. The number of rotatable bonds is 3. The van der Waals surface area contributed by atoms with E-state index in [4.69, 9.17) is 21.4 Å². The van der Waals surface area contributed by atoms with Gasteiger partial charge in [0.2, 0.25) is 0 Å². The molecule has 3 rings (SSSR count). The molecule has 7 heteroatoms. The molecule has 0 saturated carbocycles. The van der Waals surface area contributed by atoms with Gasteiger partial charge in [0.1, 0.15) is 17.4 Å². The zero-order valence-corrected chi connectivity index (χ0v) is 13.1. The lowest BCUT2D eigenvalue weighted by Gasteiger charge is -2.11. The van der Waals surface area contributed by atoms with Crippen LogP contribution in [-0.2, 0) is 0 Å². The number of aromatic nitrogens is 1. The van der Waals surface area contributed by atoms with Crippen LogP contribution in [0.3, 0.4) is 0 Å². The van der Waals surface area contributed by atoms with Gasteiger partial charge in [-0.2, -0.15) is 0 Å². The number of halogens is 3. The maximum absolute atomic E-state index is 14.4. The predicted octanol–water partition coefficient (Wildman–Crippen LogP) is 4.54. The maximum Gasteiger partial charge on any atom is 0.335 e. The van der Waals surface area contributed by atoms with Crippen LogP contribution in [0.25, 0.3) is 22.0 Å². The number of carboxylic acids is 1. The van der Waals surface area contributed by atoms with Crippen LogP contribution >= 0.6 is 11.6 Å². The van der Waals surface area contributed by atoms with Gasteiger partial charge in [-0.15, -0.1) is 0 Å². The molecule has 0 radical (unpaired) electrons. The molecule has 0 aliphatic carbocycles. The highest BCUT2D eigenvalue weighted by molar-refractivity contribution is 6.35. The first-order valence-electron chi connectivity index (χ1n) is 6.77. The van der Waals surface area contributed by atoms with E-state index < -0.39 is 17.6 Å². The first kappa shape index (κ1) is 16.1. The Bertz CT molecular complexity index is 952. The molecule has 3 aromatic rings. The highest BCUT2D eigenvalue weighted by Crippen LogP contribution is 2.35. The summed E-state index contributed by atoms with van der Waals surface area (Å²) in [6, 6.07) is 6.19. The number of ether oxygens (including phenoxy) is 1. The minimum atomic E-state index is -1.17. The van der Waals surface area contributed by atoms with Crippen molar-refractivity contribution in [3.8, 4) is 17.0 Å². The van der Waals surface area contributed by atoms with Crippen LogP contribution in [0.15, 0.2) is 36.5 Å². The van der Waals surface area contributed by atoms with Gasteiger partial charge in [0, 0.05) is 29.1 Å². The number of benzene rings is 2. The van der Waals surface area contributed by atoms with E-state index in [1.807, 2.05) is 0 Å². The average Bonchev–Trinajstić information content (AvgIpc) is 2.55. The second-order valence-electron chi connectivity index (χ2n) is 4.99. The van der Waals surface area contributed by atoms with Gasteiger partial charge < -0.3 is 9.84 Å². The summed E-state index contributed by atoms with van der Waals surface area (Å²) in [6.45, 7) is 0. The smallest absolute Gasteiger partial charge is 0.335 e. The summed E-state index contributed by atoms with van der Waals surface area (Å²) in [6.07, 6.45) is 1.27. The van der Waals surface area contributed by atoms with Crippen LogP contribution in [0.5, 0.6) is 5.75 Å². The van der Waals surface area contributed by atoms with E-state index in [0.29, 0.717) is 5.39 Å². The van der Waals surface area contributed by atoms with E-state index in [-0.39, 0.29) is 33.0 Å². The molecular formula is C17H10ClF2NO3. The Kier molecular flexibility index (Phi) is 4.07. The number of methoxy groups -OCH3 is 1. The summed E-state index contributed by atoms with van der Waals surface area (Å²) in [4.78, 5) is 15.2. The van der Waals surface area contributed by atoms with Crippen molar-refractivity contribution < 1.29 is 23.4 Å². The molecule has 0 aliphatic heterocycles. The quantitative estimate of drug-likeness (QED) is 0.754. The van der Waals surface area contributed by atoms with Crippen molar-refractivity contribution in [2.75, 3.05) is 7.11 Å². The van der Waals surface area contributed by atoms with Gasteiger partial charge >= 0.3 is 5.97 Å². The van der Waals surface area contributed by atoms with Crippen molar-refractivity contribution in [2.45, 2.75) is 0 Å². The van der Waals surface area contributed by atoms with E-state index in [2.05, 4.69) is 4.98 Å². The van der Waals surface area contributed by atoms with Crippen molar-refractivity contribution in [3.63, 3.8) is 0 Å². The number of hydrogen-bond acceptors (Lipinski definition) is 3. The standard InChI is InChI=1S/C17H10ClF2NO3/c1-24-9-5-13(19)15(14(20)6-9)16-11-4-8(17(22)23)2-3-10(11)12(18)7-21-16/h2-7H,1H3,(H,22,23). The van der Waals surface area contributed by atoms with E-state index in [1.165, 1.54) is 31.5 Å². The van der Waals surface area contributed by atoms with Crippen LogP contribution in [0, 0.1) is 11.6 Å². The molecule has 0 aliphatic rings. The van der Waals surface area contributed by atoms with E-state index in [9.17, 15) is 13.6 Å². The highest BCUT2D eigenvalue weighted by atomic mass is 35.5. The minimum absolute atomic E-state index is 0.0262. The first-order chi connectivity index (χ1) is 11.4. The largest absolute Gasteiger partial charge is 0.497 e. The highest BCUT2D eigenvalue weighted by Gasteiger charge is 2.19. The number of hydrogen-bond donors (Lipinski definition) is 1. The van der Waals surface area contributed by atoms with Crippen LogP contribution in [0.4, 0.5) is 8.78 Å². The SMILES string of the molecule is COc1cc(F)c(-c2ncc(Cl)c3ccc(C(=O)O)cc23)c(F)c1. The summed E-state index contributed by atoms with van der Waals surface area (Å²) in [7, 11) is 1.29. The van der Waals surface area contributed by atoms with Crippen molar-refractivity contribution in [2.24, 2.45) is 0 Å². The van der Waals surface area contributed by atoms with Crippen LogP contribution in [0.1, 0.15) is 10.4 Å². The Hall–Kier alpha value is -2.73. The topological polar surface area (TPSA) is 59.4 Å². The lowest BCUT2D eigenvalue weighted by Crippen LogP contribution is -1.99. The van der Waals surface area contributed by atoms with Crippen LogP contribution < -0.4 is 4.74 Å². The third-order valence-corrected chi connectivity index (χ3v) is 3.88. The van der Waals surface area contributed by atoms with E-state index in [0.717, 1.165) is 12.1 Å². The molecule has 2 aromatic carbocycles. The molecule has 1 aromatic heterocycles. The molecular weight excluding hydrogens is 340 g/mol. The molecule has 0 unspecified atom stereocenters. The molecule has 1 heterocycles. The zero-order valence-electron chi connectivity index (χ0n) is 12.3. The molecule has 0 bridgehead atoms. The summed E-state index contributed by atoms with van der Waals surface area (Å²) in [5, 5.41) is 10.1. The Morgan fingerprint density at radius 1 is 1.17 bits per heavy atom. The molecule has 0 spiro atoms. The van der Waals surface area contributed by atoms with E-state index >= 15 is 0 Å². The normalized spacial score (nSPS) is 10.8. The van der Waals surface area contributed by atoms with Crippen LogP contribution in [0.2, 0.25) is 5.02 Å². The number of pyridine rings is 1. The van der Waals surface area contributed by atoms with Gasteiger partial charge in [0.05, 0.1) is 29.0 Å². The molecule has 122 valence electrons. The second kappa shape index (κ2) is 6.05. The molecule has 0 atom stereocenters. The van der Waals surface area contributed by atoms with Crippen molar-refractivity contribution in [1.29, 1.82) is 0 Å². The Labute approximate surface area is 140 Å². The Morgan fingerprint density at radius 2 is 1.83 bits per heavy atom. The molecule has 0 saturated heterocycles. The maximum atomic E-state index is 14.4. The Balaban J connectivity index is 2.36. The lowest BCUT2D eigenvalue weighted by molar-refractivity contribution is 0.0697. The van der Waals surface area contributed by atoms with Crippen molar-refractivity contribution in [3.05, 3.63) is 58.7 Å². The van der Waals surface area contributed by atoms with Gasteiger partial charge in [0.15, 0.2) is 0 Å².